The number of aliphatic hydroxyl groups is 5. The number of fused-ring (bicyclic) bond motifs is 2. The molecule has 0 spiro atoms. The number of imidazole rings is 2. The Morgan fingerprint density at radius 3 is 2.59 bits per heavy atom. The molecule has 0 bridgehead atoms. The summed E-state index contributed by atoms with van der Waals surface area (Å²) in [5.41, 5.74) is 8.24. The van der Waals surface area contributed by atoms with Crippen LogP contribution in [0.4, 0.5) is 5.82 Å². The van der Waals surface area contributed by atoms with Crippen molar-refractivity contribution in [3.05, 3.63) is 42.2 Å². The average Bonchev–Trinajstić information content (AvgIpc) is 3.69. The van der Waals surface area contributed by atoms with E-state index < -0.39 is 36.1 Å². The van der Waals surface area contributed by atoms with Crippen molar-refractivity contribution in [3.63, 3.8) is 0 Å². The van der Waals surface area contributed by atoms with Crippen LogP contribution in [-0.2, 0) is 10.2 Å². The zero-order valence-corrected chi connectivity index (χ0v) is 25.2. The van der Waals surface area contributed by atoms with Crippen molar-refractivity contribution in [1.82, 2.24) is 34.4 Å². The zero-order valence-electron chi connectivity index (χ0n) is 25.2. The lowest BCUT2D eigenvalue weighted by molar-refractivity contribution is -0.0640. The van der Waals surface area contributed by atoms with E-state index in [1.54, 1.807) is 11.5 Å². The molecule has 1 aromatic carbocycles. The third-order valence-corrected chi connectivity index (χ3v) is 9.50. The smallest absolute Gasteiger partial charge is 0.167 e. The summed E-state index contributed by atoms with van der Waals surface area (Å²) in [5.74, 6) is 1.02. The van der Waals surface area contributed by atoms with Crippen molar-refractivity contribution in [1.29, 1.82) is 0 Å². The monoisotopic (exact) mass is 610 g/mol. The molecule has 14 heteroatoms. The predicted molar refractivity (Wildman–Crippen MR) is 161 cm³/mol. The number of anilines is 1. The summed E-state index contributed by atoms with van der Waals surface area (Å²) < 4.78 is 7.78. The van der Waals surface area contributed by atoms with Crippen LogP contribution in [0.1, 0.15) is 63.8 Å². The maximum Gasteiger partial charge on any atom is 0.167 e. The number of H-pyrrole nitrogens is 1. The Balaban J connectivity index is 1.07. The van der Waals surface area contributed by atoms with E-state index in [0.29, 0.717) is 41.4 Å². The van der Waals surface area contributed by atoms with Crippen LogP contribution in [-0.4, -0.2) is 110 Å². The first-order valence-corrected chi connectivity index (χ1v) is 15.1. The van der Waals surface area contributed by atoms with E-state index in [2.05, 4.69) is 43.7 Å². The number of ether oxygens (including phenoxy) is 1. The molecule has 2 aliphatic rings. The Morgan fingerprint density at radius 1 is 1.14 bits per heavy atom. The van der Waals surface area contributed by atoms with Gasteiger partial charge in [-0.2, -0.15) is 0 Å². The van der Waals surface area contributed by atoms with Gasteiger partial charge in [0.05, 0.1) is 30.6 Å². The fraction of sp³-hybridized carbons (Fsp3) is 0.600. The maximum absolute atomic E-state index is 11.0. The van der Waals surface area contributed by atoms with Crippen molar-refractivity contribution >= 4 is 28.0 Å². The van der Waals surface area contributed by atoms with E-state index in [-0.39, 0.29) is 31.1 Å². The summed E-state index contributed by atoms with van der Waals surface area (Å²) in [6.45, 7) is 6.05. The maximum atomic E-state index is 11.0. The molecule has 1 aliphatic heterocycles. The first kappa shape index (κ1) is 30.8. The summed E-state index contributed by atoms with van der Waals surface area (Å²) >= 11 is 0. The van der Waals surface area contributed by atoms with Crippen molar-refractivity contribution in [2.24, 2.45) is 5.92 Å². The molecule has 0 radical (unpaired) electrons. The third-order valence-electron chi connectivity index (χ3n) is 9.50. The number of nitrogens with one attached hydrogen (secondary N) is 1. The SMILES string of the molecule is CC(C)N(C[C@H]1O[C@@H](n2cnc3c(N)ncnc32)[C@H](O)[C@@H]1O)C1CC(CC(O)c2nc3ccc(C(C)(CO)CO)cc3[nH]2)C1. The lowest BCUT2D eigenvalue weighted by Gasteiger charge is -2.46. The number of aromatic amines is 1. The quantitative estimate of drug-likeness (QED) is 0.125. The molecule has 4 heterocycles. The fourth-order valence-corrected chi connectivity index (χ4v) is 6.54. The third kappa shape index (κ3) is 5.44. The highest BCUT2D eigenvalue weighted by molar-refractivity contribution is 5.81. The second kappa shape index (κ2) is 11.9. The predicted octanol–water partition coefficient (Wildman–Crippen LogP) is 0.759. The lowest BCUT2D eigenvalue weighted by Crippen LogP contribution is -2.52. The largest absolute Gasteiger partial charge is 0.395 e. The number of aliphatic hydroxyl groups excluding tert-OH is 5. The van der Waals surface area contributed by atoms with Gasteiger partial charge >= 0.3 is 0 Å². The number of rotatable bonds is 11. The molecule has 1 saturated carbocycles. The molecule has 1 unspecified atom stereocenters. The Hall–Kier alpha value is -3.24. The highest BCUT2D eigenvalue weighted by Gasteiger charge is 2.47. The number of nitrogen functional groups attached to an aromatic ring is 1. The molecular weight excluding hydrogens is 568 g/mol. The van der Waals surface area contributed by atoms with Gasteiger partial charge in [0.15, 0.2) is 17.7 Å². The summed E-state index contributed by atoms with van der Waals surface area (Å²) in [6, 6.07) is 5.96. The van der Waals surface area contributed by atoms with Crippen LogP contribution in [0.25, 0.3) is 22.2 Å². The van der Waals surface area contributed by atoms with E-state index in [0.717, 1.165) is 23.9 Å². The molecular formula is C30H42N8O6. The summed E-state index contributed by atoms with van der Waals surface area (Å²) in [6.07, 6.45) is 0.599. The van der Waals surface area contributed by atoms with Gasteiger partial charge in [0, 0.05) is 24.0 Å². The number of hydrogen-bond donors (Lipinski definition) is 7. The van der Waals surface area contributed by atoms with E-state index in [4.69, 9.17) is 10.5 Å². The minimum atomic E-state index is -1.17. The van der Waals surface area contributed by atoms with Crippen LogP contribution in [0, 0.1) is 5.92 Å². The van der Waals surface area contributed by atoms with E-state index in [1.807, 2.05) is 18.2 Å². The minimum Gasteiger partial charge on any atom is -0.395 e. The molecule has 4 aromatic rings. The second-order valence-corrected chi connectivity index (χ2v) is 12.9. The number of benzene rings is 1. The van der Waals surface area contributed by atoms with Crippen LogP contribution in [0.5, 0.6) is 0 Å². The number of aromatic nitrogens is 6. The summed E-state index contributed by atoms with van der Waals surface area (Å²) in [7, 11) is 0. The van der Waals surface area contributed by atoms with Crippen molar-refractivity contribution in [2.75, 3.05) is 25.5 Å². The summed E-state index contributed by atoms with van der Waals surface area (Å²) in [4.78, 5) is 22.6. The topological polar surface area (TPSA) is 212 Å². The zero-order chi connectivity index (χ0) is 31.3. The van der Waals surface area contributed by atoms with Gasteiger partial charge in [0.1, 0.15) is 42.1 Å². The van der Waals surface area contributed by atoms with Crippen molar-refractivity contribution in [3.8, 4) is 0 Å². The van der Waals surface area contributed by atoms with Gasteiger partial charge in [-0.15, -0.1) is 0 Å². The Labute approximate surface area is 254 Å². The number of nitrogens with zero attached hydrogens (tertiary/aromatic N) is 6. The molecule has 5 atom stereocenters. The van der Waals surface area contributed by atoms with E-state index in [1.165, 1.54) is 12.7 Å². The number of nitrogens with two attached hydrogens (primary N) is 1. The van der Waals surface area contributed by atoms with Gasteiger partial charge in [-0.1, -0.05) is 13.0 Å². The standard InChI is InChI=1S/C30H42N8O6/c1-15(2)37(10-22-24(42)25(43)29(44-22)38-14-34-23-26(31)32-13-33-28(23)38)18-6-16(7-18)8-21(41)27-35-19-5-4-17(9-20(19)36-27)30(3,11-39)12-40/h4-5,9,13-16,18,21-22,24-25,29,39-43H,6-8,10-12H2,1-3H3,(H,35,36)(H2,31,32,33)/t16?,18?,21?,22-,24-,25-,29-/m1/s1. The van der Waals surface area contributed by atoms with Crippen LogP contribution in [0.3, 0.4) is 0 Å². The molecule has 6 rings (SSSR count). The van der Waals surface area contributed by atoms with Crippen molar-refractivity contribution in [2.45, 2.75) is 88.2 Å². The Kier molecular flexibility index (Phi) is 8.34. The molecule has 1 saturated heterocycles. The fourth-order valence-electron chi connectivity index (χ4n) is 6.54. The van der Waals surface area contributed by atoms with Gasteiger partial charge in [0.2, 0.25) is 0 Å². The molecule has 2 fully saturated rings. The molecule has 14 nitrogen and oxygen atoms in total. The second-order valence-electron chi connectivity index (χ2n) is 12.9. The Bertz CT molecular complexity index is 1600. The Morgan fingerprint density at radius 2 is 1.89 bits per heavy atom. The first-order valence-electron chi connectivity index (χ1n) is 15.1. The molecule has 0 amide bonds. The summed E-state index contributed by atoms with van der Waals surface area (Å²) in [5, 5.41) is 52.4. The normalized spacial score (nSPS) is 26.7. The van der Waals surface area contributed by atoms with Gasteiger partial charge in [-0.25, -0.2) is 19.9 Å². The number of hydrogen-bond acceptors (Lipinski definition) is 12. The minimum absolute atomic E-state index is 0.174. The highest BCUT2D eigenvalue weighted by Crippen LogP contribution is 2.40. The van der Waals surface area contributed by atoms with Gasteiger partial charge in [-0.05, 0) is 56.7 Å². The molecule has 3 aromatic heterocycles. The van der Waals surface area contributed by atoms with Crippen LogP contribution >= 0.6 is 0 Å². The molecule has 238 valence electrons. The first-order chi connectivity index (χ1) is 21.0. The van der Waals surface area contributed by atoms with Crippen molar-refractivity contribution < 1.29 is 30.3 Å². The molecule has 1 aliphatic carbocycles. The molecule has 8 N–H and O–H groups in total. The van der Waals surface area contributed by atoms with Gasteiger partial charge in [0.25, 0.3) is 0 Å². The average molecular weight is 611 g/mol. The van der Waals surface area contributed by atoms with Crippen LogP contribution < -0.4 is 5.73 Å². The van der Waals surface area contributed by atoms with Crippen LogP contribution in [0.2, 0.25) is 0 Å². The van der Waals surface area contributed by atoms with E-state index in [9.17, 15) is 25.5 Å². The van der Waals surface area contributed by atoms with Gasteiger partial charge in [-0.3, -0.25) is 9.47 Å². The van der Waals surface area contributed by atoms with Gasteiger partial charge < -0.3 is 41.0 Å². The van der Waals surface area contributed by atoms with Crippen LogP contribution in [0.15, 0.2) is 30.9 Å². The highest BCUT2D eigenvalue weighted by atomic mass is 16.6. The lowest BCUT2D eigenvalue weighted by atomic mass is 9.75. The van der Waals surface area contributed by atoms with E-state index >= 15 is 0 Å². The molecule has 44 heavy (non-hydrogen) atoms.